The number of nitrogens with one attached hydrogen (secondary N) is 4. The van der Waals surface area contributed by atoms with E-state index in [1.807, 2.05) is 95.2 Å². The predicted molar refractivity (Wildman–Crippen MR) is 356 cm³/mol. The minimum absolute atomic E-state index is 0.0282. The number of likely N-dealkylation sites (N-methyl/N-ethyl adjacent to an activating group) is 7. The molecule has 0 aromatic rings. The number of epoxide rings is 1. The standard InChI is InChI=1S/C68H120N12O13/c1-26-28-29-40(11)56-55-60(83)71-48(27-2)64(86)73(19)46(17)63(85)77(23)53(41(12)33-80-34-43(14)91-35-42(80)13)57-61(93-57)72-52(39(9)10)67(89)74(20)49(30-36(3)4)59(82)69-44(15)58(81)70-45(16)62(84)75(21)50(31-37(5)6)65(87)76(22)51(32-38(7)8)66(88)78(24)54(47(18)92-56)68(90)79(55)25/h26,28,36-57,61,72H,27,29-35H2,1-25H3,(H,69,82)(H,70,81)(H,71,83)/b28-26+/t40-,41-,42+,43+,44+,45-,46-,47?,48+,49+,50+,51+,52+,53+,54+,55+,56-,57?,61?/m1/s1. The summed E-state index contributed by atoms with van der Waals surface area (Å²) < 4.78 is 19.3. The van der Waals surface area contributed by atoms with E-state index in [9.17, 15) is 24.0 Å². The number of rotatable bonds is 14. The summed E-state index contributed by atoms with van der Waals surface area (Å²) in [7, 11) is 10.7. The Morgan fingerprint density at radius 1 is 0.527 bits per heavy atom. The van der Waals surface area contributed by atoms with Gasteiger partial charge in [-0.25, -0.2) is 0 Å². The molecule has 4 N–H and O–H groups in total. The van der Waals surface area contributed by atoms with Crippen LogP contribution in [0.3, 0.4) is 0 Å². The van der Waals surface area contributed by atoms with Gasteiger partial charge in [-0.15, -0.1) is 0 Å². The molecule has 93 heavy (non-hydrogen) atoms. The van der Waals surface area contributed by atoms with E-state index in [-0.39, 0.29) is 73.3 Å². The quantitative estimate of drug-likeness (QED) is 0.144. The van der Waals surface area contributed by atoms with Crippen LogP contribution in [0.5, 0.6) is 0 Å². The summed E-state index contributed by atoms with van der Waals surface area (Å²) >= 11 is 0. The van der Waals surface area contributed by atoms with Crippen molar-refractivity contribution < 1.29 is 62.2 Å². The molecule has 4 heterocycles. The average Bonchev–Trinajstić information content (AvgIpc) is 1.66. The van der Waals surface area contributed by atoms with Crippen LogP contribution in [0.4, 0.5) is 0 Å². The normalized spacial score (nSPS) is 33.4. The van der Waals surface area contributed by atoms with Gasteiger partial charge in [0.25, 0.3) is 0 Å². The first-order valence-corrected chi connectivity index (χ1v) is 34.1. The Bertz CT molecular complexity index is 2620. The molecule has 19 atom stereocenters. The van der Waals surface area contributed by atoms with Crippen molar-refractivity contribution in [2.24, 2.45) is 35.5 Å². The Hall–Kier alpha value is -5.76. The fourth-order valence-electron chi connectivity index (χ4n) is 13.4. The molecule has 10 amide bonds. The van der Waals surface area contributed by atoms with E-state index in [1.54, 1.807) is 39.8 Å². The second kappa shape index (κ2) is 34.8. The second-order valence-electron chi connectivity index (χ2n) is 29.0. The van der Waals surface area contributed by atoms with Crippen molar-refractivity contribution >= 4 is 59.1 Å². The van der Waals surface area contributed by atoms with Crippen molar-refractivity contribution in [2.45, 2.75) is 260 Å². The van der Waals surface area contributed by atoms with Gasteiger partial charge in [0.05, 0.1) is 37.0 Å². The van der Waals surface area contributed by atoms with Gasteiger partial charge in [-0.1, -0.05) is 88.3 Å². The third-order valence-electron chi connectivity index (χ3n) is 19.5. The number of carbonyl (C=O) groups is 10. The van der Waals surface area contributed by atoms with E-state index < -0.39 is 150 Å². The molecule has 0 spiro atoms. The van der Waals surface area contributed by atoms with E-state index in [1.165, 1.54) is 78.5 Å². The molecular formula is C68H120N12O13. The third-order valence-corrected chi connectivity index (χ3v) is 19.5. The molecule has 25 heteroatoms. The van der Waals surface area contributed by atoms with Crippen molar-refractivity contribution in [1.82, 2.24) is 60.5 Å². The number of carbonyl (C=O) groups excluding carboxylic acids is 10. The van der Waals surface area contributed by atoms with Gasteiger partial charge in [-0.3, -0.25) is 58.2 Å². The molecule has 3 unspecified atom stereocenters. The lowest BCUT2D eigenvalue weighted by molar-refractivity contribution is -0.155. The smallest absolute Gasteiger partial charge is 0.248 e. The largest absolute Gasteiger partial charge is 0.376 e. The fourth-order valence-corrected chi connectivity index (χ4v) is 13.4. The zero-order chi connectivity index (χ0) is 70.7. The Morgan fingerprint density at radius 3 is 1.58 bits per heavy atom. The maximum absolute atomic E-state index is 15.3. The molecule has 4 aliphatic rings. The van der Waals surface area contributed by atoms with Crippen LogP contribution in [0.1, 0.15) is 157 Å². The van der Waals surface area contributed by atoms with Gasteiger partial charge in [0.2, 0.25) is 59.1 Å². The maximum Gasteiger partial charge on any atom is 0.248 e. The molecule has 0 aromatic heterocycles. The van der Waals surface area contributed by atoms with Crippen LogP contribution in [-0.2, 0) is 62.2 Å². The van der Waals surface area contributed by atoms with Crippen LogP contribution in [-0.4, -0.2) is 270 Å². The molecule has 0 aromatic carbocycles. The maximum atomic E-state index is 15.3. The molecule has 0 saturated carbocycles. The lowest BCUT2D eigenvalue weighted by atomic mass is 9.92. The highest BCUT2D eigenvalue weighted by Gasteiger charge is 2.54. The summed E-state index contributed by atoms with van der Waals surface area (Å²) in [5.74, 6) is -6.99. The van der Waals surface area contributed by atoms with E-state index in [2.05, 4.69) is 33.1 Å². The van der Waals surface area contributed by atoms with Crippen LogP contribution < -0.4 is 21.3 Å². The SMILES string of the molecule is C/C=C/C[C@@H](C)[C@H]1OC(C)[C@H]2C(=O)N(C)[C@@H]1C(=O)N[C@@H](CC)C(=O)N(C)[C@H](C)C(=O)N(C)[C@@H]([C@H](C)CN1C[C@H](C)OC[C@@H]1C)C1OC1N[C@@H](C(C)C)C(=O)N(C)[C@@H](CC(C)C)C(=O)N[C@@H](C)C(=O)N[C@H](C)C(=O)N(C)[C@@H](CC(C)C)C(=O)N(C)[C@@H](CC(C)C)C(=O)N2C. The van der Waals surface area contributed by atoms with Gasteiger partial charge in [-0.05, 0) is 116 Å². The Labute approximate surface area is 556 Å². The van der Waals surface area contributed by atoms with Crippen LogP contribution >= 0.6 is 0 Å². The molecule has 4 aliphatic heterocycles. The Balaban J connectivity index is 1.90. The number of hydrogen-bond donors (Lipinski definition) is 4. The molecule has 0 radical (unpaired) electrons. The first-order valence-electron chi connectivity index (χ1n) is 34.1. The number of amides is 10. The van der Waals surface area contributed by atoms with Gasteiger partial charge in [0.1, 0.15) is 66.7 Å². The van der Waals surface area contributed by atoms with E-state index in [0.717, 1.165) is 0 Å². The van der Waals surface area contributed by atoms with Gasteiger partial charge >= 0.3 is 0 Å². The number of ether oxygens (including phenoxy) is 3. The first-order chi connectivity index (χ1) is 43.2. The minimum atomic E-state index is -1.31. The molecule has 25 nitrogen and oxygen atoms in total. The van der Waals surface area contributed by atoms with E-state index >= 15 is 24.0 Å². The molecule has 530 valence electrons. The monoisotopic (exact) mass is 1310 g/mol. The molecule has 2 bridgehead atoms. The van der Waals surface area contributed by atoms with Gasteiger partial charge in [-0.2, -0.15) is 0 Å². The fraction of sp³-hybridized carbons (Fsp3) is 0.824. The van der Waals surface area contributed by atoms with E-state index in [0.29, 0.717) is 26.1 Å². The average molecular weight is 1310 g/mol. The number of hydrogen-bond acceptors (Lipinski definition) is 15. The number of fused-ring (bicyclic) bond motifs is 4. The summed E-state index contributed by atoms with van der Waals surface area (Å²) in [6.07, 6.45) is 1.62. The van der Waals surface area contributed by atoms with Gasteiger partial charge < -0.3 is 64.5 Å². The van der Waals surface area contributed by atoms with Crippen molar-refractivity contribution in [2.75, 3.05) is 69.0 Å². The molecular weight excluding hydrogens is 1190 g/mol. The van der Waals surface area contributed by atoms with Crippen LogP contribution in [0, 0.1) is 35.5 Å². The lowest BCUT2D eigenvalue weighted by Gasteiger charge is -2.42. The Kier molecular flexibility index (Phi) is 29.8. The molecule has 4 rings (SSSR count). The Morgan fingerprint density at radius 2 is 1.04 bits per heavy atom. The van der Waals surface area contributed by atoms with Crippen molar-refractivity contribution in [1.29, 1.82) is 0 Å². The zero-order valence-electron chi connectivity index (χ0n) is 61.0. The van der Waals surface area contributed by atoms with Crippen LogP contribution in [0.15, 0.2) is 12.2 Å². The first kappa shape index (κ1) is 79.7. The van der Waals surface area contributed by atoms with Gasteiger partial charge in [0.15, 0.2) is 0 Å². The molecule has 0 aliphatic carbocycles. The van der Waals surface area contributed by atoms with Crippen molar-refractivity contribution in [3.8, 4) is 0 Å². The summed E-state index contributed by atoms with van der Waals surface area (Å²) in [5, 5.41) is 11.9. The highest BCUT2D eigenvalue weighted by atomic mass is 16.6. The van der Waals surface area contributed by atoms with Gasteiger partial charge in [0, 0.05) is 68.5 Å². The number of allylic oxidation sites excluding steroid dienone is 2. The second-order valence-corrected chi connectivity index (χ2v) is 29.0. The highest BCUT2D eigenvalue weighted by molar-refractivity contribution is 5.99. The zero-order valence-corrected chi connectivity index (χ0v) is 61.0. The van der Waals surface area contributed by atoms with E-state index in [4.69, 9.17) is 14.2 Å². The topological polar surface area (TPSA) is 276 Å². The third kappa shape index (κ3) is 19.9. The minimum Gasteiger partial charge on any atom is -0.376 e. The summed E-state index contributed by atoms with van der Waals surface area (Å²) in [6.45, 7) is 34.8. The summed E-state index contributed by atoms with van der Waals surface area (Å²) in [5.41, 5.74) is 0. The molecule has 4 fully saturated rings. The van der Waals surface area contributed by atoms with Crippen molar-refractivity contribution in [3.63, 3.8) is 0 Å². The van der Waals surface area contributed by atoms with Crippen LogP contribution in [0.2, 0.25) is 0 Å². The highest BCUT2D eigenvalue weighted by Crippen LogP contribution is 2.35. The van der Waals surface area contributed by atoms with Crippen LogP contribution in [0.25, 0.3) is 0 Å². The predicted octanol–water partition coefficient (Wildman–Crippen LogP) is 3.33. The van der Waals surface area contributed by atoms with Crippen molar-refractivity contribution in [3.05, 3.63) is 12.2 Å². The number of nitrogens with zero attached hydrogens (tertiary/aromatic N) is 8. The molecule has 4 saturated heterocycles. The summed E-state index contributed by atoms with van der Waals surface area (Å²) in [6, 6.07) is -11.9. The lowest BCUT2D eigenvalue weighted by Crippen LogP contribution is -2.62. The number of morpholine rings is 1. The summed E-state index contributed by atoms with van der Waals surface area (Å²) in [4.78, 5) is 160.